The van der Waals surface area contributed by atoms with Gasteiger partial charge in [-0.3, -0.25) is 9.69 Å². The van der Waals surface area contributed by atoms with Crippen LogP contribution in [0.2, 0.25) is 0 Å². The van der Waals surface area contributed by atoms with Gasteiger partial charge in [0.2, 0.25) is 0 Å². The van der Waals surface area contributed by atoms with Crippen molar-refractivity contribution in [2.24, 2.45) is 0 Å². The van der Waals surface area contributed by atoms with E-state index in [4.69, 9.17) is 4.74 Å². The van der Waals surface area contributed by atoms with Gasteiger partial charge in [0.05, 0.1) is 18.8 Å². The summed E-state index contributed by atoms with van der Waals surface area (Å²) in [7, 11) is 0. The molecular formula is C16H20FN3O2. The van der Waals surface area contributed by atoms with Gasteiger partial charge in [-0.15, -0.1) is 0 Å². The zero-order valence-electron chi connectivity index (χ0n) is 12.6. The van der Waals surface area contributed by atoms with Gasteiger partial charge in [0.15, 0.2) is 0 Å². The minimum atomic E-state index is -0.312. The summed E-state index contributed by atoms with van der Waals surface area (Å²) in [6, 6.07) is 4.43. The lowest BCUT2D eigenvalue weighted by Crippen LogP contribution is -2.41. The maximum atomic E-state index is 13.3. The highest BCUT2D eigenvalue weighted by Gasteiger charge is 2.17. The van der Waals surface area contributed by atoms with Crippen molar-refractivity contribution < 1.29 is 13.9 Å². The number of nitrogens with zero attached hydrogens (tertiary/aromatic N) is 1. The zero-order valence-corrected chi connectivity index (χ0v) is 12.6. The Balaban J connectivity index is 1.65. The van der Waals surface area contributed by atoms with Crippen molar-refractivity contribution in [2.45, 2.75) is 6.92 Å². The van der Waals surface area contributed by atoms with Crippen LogP contribution >= 0.6 is 0 Å². The second-order valence-corrected chi connectivity index (χ2v) is 5.52. The molecule has 2 heterocycles. The highest BCUT2D eigenvalue weighted by molar-refractivity contribution is 6.08. The first kappa shape index (κ1) is 15.0. The number of hydrogen-bond acceptors (Lipinski definition) is 3. The number of carbonyl (C=O) groups excluding carboxylic acids is 1. The monoisotopic (exact) mass is 305 g/mol. The van der Waals surface area contributed by atoms with E-state index in [9.17, 15) is 9.18 Å². The number of amides is 1. The molecular weight excluding hydrogens is 285 g/mol. The predicted octanol–water partition coefficient (Wildman–Crippen LogP) is 1.68. The molecule has 2 N–H and O–H groups in total. The molecule has 0 saturated carbocycles. The Labute approximate surface area is 128 Å². The molecule has 1 aliphatic rings. The smallest absolute Gasteiger partial charge is 0.253 e. The van der Waals surface area contributed by atoms with Crippen LogP contribution in [-0.2, 0) is 4.74 Å². The number of aromatic amines is 1. The van der Waals surface area contributed by atoms with Gasteiger partial charge in [-0.1, -0.05) is 0 Å². The topological polar surface area (TPSA) is 57.4 Å². The number of halogens is 1. The van der Waals surface area contributed by atoms with Crippen LogP contribution in [0.3, 0.4) is 0 Å². The summed E-state index contributed by atoms with van der Waals surface area (Å²) in [5, 5.41) is 3.70. The number of ether oxygens (including phenoxy) is 1. The lowest BCUT2D eigenvalue weighted by molar-refractivity contribution is 0.0383. The average Bonchev–Trinajstić information content (AvgIpc) is 2.83. The molecule has 1 saturated heterocycles. The normalized spacial score (nSPS) is 16.1. The molecule has 0 bridgehead atoms. The Morgan fingerprint density at radius 3 is 2.95 bits per heavy atom. The molecule has 0 radical (unpaired) electrons. The largest absolute Gasteiger partial charge is 0.379 e. The summed E-state index contributed by atoms with van der Waals surface area (Å²) in [5.74, 6) is -0.434. The van der Waals surface area contributed by atoms with Gasteiger partial charge >= 0.3 is 0 Å². The minimum Gasteiger partial charge on any atom is -0.379 e. The van der Waals surface area contributed by atoms with E-state index in [1.54, 1.807) is 6.07 Å². The third kappa shape index (κ3) is 3.13. The molecule has 1 amide bonds. The van der Waals surface area contributed by atoms with E-state index in [1.165, 1.54) is 12.1 Å². The Morgan fingerprint density at radius 1 is 1.41 bits per heavy atom. The summed E-state index contributed by atoms with van der Waals surface area (Å²) >= 11 is 0. The van der Waals surface area contributed by atoms with Crippen molar-refractivity contribution in [3.05, 3.63) is 35.3 Å². The third-order valence-corrected chi connectivity index (χ3v) is 3.99. The van der Waals surface area contributed by atoms with E-state index in [1.807, 2.05) is 6.92 Å². The van der Waals surface area contributed by atoms with Crippen LogP contribution < -0.4 is 5.32 Å². The number of hydrogen-bond donors (Lipinski definition) is 2. The molecule has 5 nitrogen and oxygen atoms in total. The maximum absolute atomic E-state index is 13.3. The van der Waals surface area contributed by atoms with Crippen LogP contribution in [0.1, 0.15) is 16.1 Å². The molecule has 3 rings (SSSR count). The summed E-state index contributed by atoms with van der Waals surface area (Å²) in [5.41, 5.74) is 2.00. The zero-order chi connectivity index (χ0) is 15.5. The van der Waals surface area contributed by atoms with Gasteiger partial charge < -0.3 is 15.0 Å². The van der Waals surface area contributed by atoms with E-state index >= 15 is 0 Å². The van der Waals surface area contributed by atoms with Crippen molar-refractivity contribution in [2.75, 3.05) is 39.4 Å². The molecule has 6 heteroatoms. The quantitative estimate of drug-likeness (QED) is 0.903. The summed E-state index contributed by atoms with van der Waals surface area (Å²) in [6.07, 6.45) is 0. The number of morpholine rings is 1. The van der Waals surface area contributed by atoms with Crippen molar-refractivity contribution in [3.63, 3.8) is 0 Å². The van der Waals surface area contributed by atoms with Gasteiger partial charge in [0, 0.05) is 42.8 Å². The maximum Gasteiger partial charge on any atom is 0.253 e. The fourth-order valence-corrected chi connectivity index (χ4v) is 2.84. The number of H-pyrrole nitrogens is 1. The fourth-order valence-electron chi connectivity index (χ4n) is 2.84. The molecule has 0 aliphatic carbocycles. The summed E-state index contributed by atoms with van der Waals surface area (Å²) in [6.45, 7) is 6.54. The first-order valence-corrected chi connectivity index (χ1v) is 7.51. The minimum absolute atomic E-state index is 0.122. The molecule has 22 heavy (non-hydrogen) atoms. The van der Waals surface area contributed by atoms with Gasteiger partial charge in [-0.05, 0) is 25.1 Å². The molecule has 0 unspecified atom stereocenters. The van der Waals surface area contributed by atoms with E-state index in [0.29, 0.717) is 17.6 Å². The first-order valence-electron chi connectivity index (χ1n) is 7.51. The van der Waals surface area contributed by atoms with Crippen LogP contribution in [0.25, 0.3) is 10.9 Å². The Hall–Kier alpha value is -1.92. The van der Waals surface area contributed by atoms with E-state index < -0.39 is 0 Å². The van der Waals surface area contributed by atoms with Crippen LogP contribution in [0.5, 0.6) is 0 Å². The van der Waals surface area contributed by atoms with E-state index in [0.717, 1.165) is 43.9 Å². The molecule has 1 aliphatic heterocycles. The van der Waals surface area contributed by atoms with Crippen molar-refractivity contribution in [3.8, 4) is 0 Å². The summed E-state index contributed by atoms with van der Waals surface area (Å²) in [4.78, 5) is 17.7. The SMILES string of the molecule is Cc1[nH]c2cc(F)ccc2c1C(=O)NCCN1CCOCC1. The van der Waals surface area contributed by atoms with Crippen molar-refractivity contribution in [1.82, 2.24) is 15.2 Å². The molecule has 1 aromatic carbocycles. The number of benzene rings is 1. The third-order valence-electron chi connectivity index (χ3n) is 3.99. The number of nitrogens with one attached hydrogen (secondary N) is 2. The van der Waals surface area contributed by atoms with Crippen LogP contribution in [-0.4, -0.2) is 55.2 Å². The lowest BCUT2D eigenvalue weighted by Gasteiger charge is -2.26. The Kier molecular flexibility index (Phi) is 4.40. The van der Waals surface area contributed by atoms with Crippen molar-refractivity contribution >= 4 is 16.8 Å². The summed E-state index contributed by atoms with van der Waals surface area (Å²) < 4.78 is 18.5. The van der Waals surface area contributed by atoms with Gasteiger partial charge in [-0.25, -0.2) is 4.39 Å². The fraction of sp³-hybridized carbons (Fsp3) is 0.438. The second-order valence-electron chi connectivity index (χ2n) is 5.52. The first-order chi connectivity index (χ1) is 10.6. The van der Waals surface area contributed by atoms with Crippen LogP contribution in [0, 0.1) is 12.7 Å². The molecule has 2 aromatic rings. The van der Waals surface area contributed by atoms with Crippen LogP contribution in [0.4, 0.5) is 4.39 Å². The van der Waals surface area contributed by atoms with Gasteiger partial charge in [-0.2, -0.15) is 0 Å². The highest BCUT2D eigenvalue weighted by Crippen LogP contribution is 2.22. The van der Waals surface area contributed by atoms with E-state index in [-0.39, 0.29) is 11.7 Å². The molecule has 0 spiro atoms. The van der Waals surface area contributed by atoms with Crippen molar-refractivity contribution in [1.29, 1.82) is 0 Å². The molecule has 0 atom stereocenters. The molecule has 1 fully saturated rings. The number of carbonyl (C=O) groups is 1. The Morgan fingerprint density at radius 2 is 2.18 bits per heavy atom. The number of rotatable bonds is 4. The molecule has 118 valence electrons. The van der Waals surface area contributed by atoms with Gasteiger partial charge in [0.25, 0.3) is 5.91 Å². The molecule has 1 aromatic heterocycles. The number of aromatic nitrogens is 1. The number of fused-ring (bicyclic) bond motifs is 1. The lowest BCUT2D eigenvalue weighted by atomic mass is 10.1. The second kappa shape index (κ2) is 6.46. The average molecular weight is 305 g/mol. The van der Waals surface area contributed by atoms with Gasteiger partial charge in [0.1, 0.15) is 5.82 Å². The number of aryl methyl sites for hydroxylation is 1. The van der Waals surface area contributed by atoms with E-state index in [2.05, 4.69) is 15.2 Å². The Bertz CT molecular complexity index is 677. The highest BCUT2D eigenvalue weighted by atomic mass is 19.1. The standard InChI is InChI=1S/C16H20FN3O2/c1-11-15(13-3-2-12(17)10-14(13)19-11)16(21)18-4-5-20-6-8-22-9-7-20/h2-3,10,19H,4-9H2,1H3,(H,18,21). The van der Waals surface area contributed by atoms with Crippen LogP contribution in [0.15, 0.2) is 18.2 Å². The predicted molar refractivity (Wildman–Crippen MR) is 82.6 cm³/mol.